The number of benzene rings is 1. The van der Waals surface area contributed by atoms with Crippen molar-refractivity contribution < 1.29 is 4.39 Å². The number of rotatable bonds is 2. The van der Waals surface area contributed by atoms with Gasteiger partial charge >= 0.3 is 0 Å². The molecule has 6 heteroatoms. The first-order chi connectivity index (χ1) is 7.65. The van der Waals surface area contributed by atoms with Crippen molar-refractivity contribution in [3.05, 3.63) is 41.4 Å². The third-order valence-electron chi connectivity index (χ3n) is 1.86. The van der Waals surface area contributed by atoms with Gasteiger partial charge in [-0.2, -0.15) is 0 Å². The van der Waals surface area contributed by atoms with Crippen molar-refractivity contribution in [2.45, 2.75) is 0 Å². The second-order valence-electron chi connectivity index (χ2n) is 3.09. The number of halogens is 2. The highest BCUT2D eigenvalue weighted by Gasteiger charge is 2.03. The number of nitrogens with zero attached hydrogens (tertiary/aromatic N) is 2. The Labute approximate surface area is 96.3 Å². The molecule has 82 valence electrons. The van der Waals surface area contributed by atoms with E-state index in [1.165, 1.54) is 0 Å². The maximum atomic E-state index is 12.6. The van der Waals surface area contributed by atoms with Crippen LogP contribution in [0.1, 0.15) is 0 Å². The third-order valence-corrected chi connectivity index (χ3v) is 2.19. The quantitative estimate of drug-likeness (QED) is 0.790. The van der Waals surface area contributed by atoms with Crippen LogP contribution in [0.2, 0.25) is 5.02 Å². The molecule has 2 rings (SSSR count). The Morgan fingerprint density at radius 1 is 1.25 bits per heavy atom. The molecule has 0 saturated heterocycles. The van der Waals surface area contributed by atoms with Gasteiger partial charge in [0.2, 0.25) is 5.95 Å². The number of nitrogens with two attached hydrogens (primary N) is 1. The van der Waals surface area contributed by atoms with Crippen molar-refractivity contribution >= 4 is 28.9 Å². The number of anilines is 3. The Morgan fingerprint density at radius 2 is 1.94 bits per heavy atom. The molecule has 0 aliphatic carbocycles. The molecule has 2 aromatic rings. The van der Waals surface area contributed by atoms with E-state index in [1.807, 2.05) is 0 Å². The van der Waals surface area contributed by atoms with Crippen LogP contribution >= 0.6 is 11.6 Å². The zero-order valence-corrected chi connectivity index (χ0v) is 8.87. The number of hydrogen-bond acceptors (Lipinski definition) is 4. The van der Waals surface area contributed by atoms with Crippen molar-refractivity contribution in [2.75, 3.05) is 11.1 Å². The molecule has 0 spiro atoms. The maximum absolute atomic E-state index is 12.6. The average molecular weight is 239 g/mol. The van der Waals surface area contributed by atoms with Crippen molar-refractivity contribution in [3.8, 4) is 0 Å². The van der Waals surface area contributed by atoms with Gasteiger partial charge < -0.3 is 11.1 Å². The van der Waals surface area contributed by atoms with Gasteiger partial charge in [-0.05, 0) is 18.2 Å². The second kappa shape index (κ2) is 4.32. The van der Waals surface area contributed by atoms with Gasteiger partial charge in [0.05, 0.1) is 23.1 Å². The lowest BCUT2D eigenvalue weighted by molar-refractivity contribution is 0.614. The summed E-state index contributed by atoms with van der Waals surface area (Å²) in [5.41, 5.74) is 6.75. The highest BCUT2D eigenvalue weighted by molar-refractivity contribution is 6.33. The molecule has 4 nitrogen and oxygen atoms in total. The molecule has 0 radical (unpaired) electrons. The molecule has 0 fully saturated rings. The molecular formula is C10H8ClFN4. The Kier molecular flexibility index (Phi) is 2.87. The smallest absolute Gasteiger partial charge is 0.227 e. The van der Waals surface area contributed by atoms with Crippen molar-refractivity contribution in [3.63, 3.8) is 0 Å². The summed E-state index contributed by atoms with van der Waals surface area (Å²) in [4.78, 5) is 7.50. The first-order valence-corrected chi connectivity index (χ1v) is 4.82. The van der Waals surface area contributed by atoms with E-state index in [0.717, 1.165) is 12.4 Å². The number of hydrogen-bond donors (Lipinski definition) is 2. The van der Waals surface area contributed by atoms with Crippen LogP contribution in [0.25, 0.3) is 0 Å². The van der Waals surface area contributed by atoms with E-state index < -0.39 is 5.82 Å². The standard InChI is InChI=1S/C10H8ClFN4/c11-8-2-1-7(13)3-9(8)16-10-14-4-6(12)5-15-10/h1-5H,13H2,(H,14,15,16). The summed E-state index contributed by atoms with van der Waals surface area (Å²) in [6, 6.07) is 4.98. The summed E-state index contributed by atoms with van der Waals surface area (Å²) in [6.07, 6.45) is 2.13. The summed E-state index contributed by atoms with van der Waals surface area (Å²) in [5, 5.41) is 3.33. The first-order valence-electron chi connectivity index (χ1n) is 4.45. The van der Waals surface area contributed by atoms with Gasteiger partial charge in [-0.25, -0.2) is 14.4 Å². The lowest BCUT2D eigenvalue weighted by Crippen LogP contribution is -1.98. The van der Waals surface area contributed by atoms with Crippen LogP contribution in [0.5, 0.6) is 0 Å². The first kappa shape index (κ1) is 10.6. The molecule has 0 saturated carbocycles. The molecule has 3 N–H and O–H groups in total. The minimum absolute atomic E-state index is 0.258. The minimum atomic E-state index is -0.496. The number of nitrogen functional groups attached to an aromatic ring is 1. The van der Waals surface area contributed by atoms with Crippen LogP contribution in [0.4, 0.5) is 21.7 Å². The van der Waals surface area contributed by atoms with Crippen molar-refractivity contribution in [1.82, 2.24) is 9.97 Å². The topological polar surface area (TPSA) is 63.8 Å². The molecule has 1 aromatic heterocycles. The zero-order valence-electron chi connectivity index (χ0n) is 8.11. The van der Waals surface area contributed by atoms with Gasteiger partial charge in [0, 0.05) is 5.69 Å². The van der Waals surface area contributed by atoms with Crippen LogP contribution in [0.15, 0.2) is 30.6 Å². The summed E-state index contributed by atoms with van der Waals surface area (Å²) in [7, 11) is 0. The molecule has 0 amide bonds. The molecule has 0 aliphatic rings. The van der Waals surface area contributed by atoms with Crippen molar-refractivity contribution in [2.24, 2.45) is 0 Å². The highest BCUT2D eigenvalue weighted by atomic mass is 35.5. The molecule has 0 atom stereocenters. The second-order valence-corrected chi connectivity index (χ2v) is 3.50. The van der Waals surface area contributed by atoms with E-state index in [1.54, 1.807) is 18.2 Å². The molecule has 0 bridgehead atoms. The SMILES string of the molecule is Nc1ccc(Cl)c(Nc2ncc(F)cn2)c1. The predicted octanol–water partition coefficient (Wildman–Crippen LogP) is 2.59. The van der Waals surface area contributed by atoms with Crippen LogP contribution in [-0.4, -0.2) is 9.97 Å². The fraction of sp³-hybridized carbons (Fsp3) is 0. The molecule has 1 heterocycles. The Balaban J connectivity index is 2.26. The van der Waals surface area contributed by atoms with Gasteiger partial charge in [0.1, 0.15) is 0 Å². The highest BCUT2D eigenvalue weighted by Crippen LogP contribution is 2.25. The molecule has 0 aliphatic heterocycles. The van der Waals surface area contributed by atoms with Crippen LogP contribution in [0, 0.1) is 5.82 Å². The van der Waals surface area contributed by atoms with E-state index in [2.05, 4.69) is 15.3 Å². The summed E-state index contributed by atoms with van der Waals surface area (Å²) >= 11 is 5.93. The van der Waals surface area contributed by atoms with E-state index in [4.69, 9.17) is 17.3 Å². The van der Waals surface area contributed by atoms with E-state index in [9.17, 15) is 4.39 Å². The van der Waals surface area contributed by atoms with Gasteiger partial charge in [-0.3, -0.25) is 0 Å². The minimum Gasteiger partial charge on any atom is -0.399 e. The van der Waals surface area contributed by atoms with Gasteiger partial charge in [-0.1, -0.05) is 11.6 Å². The largest absolute Gasteiger partial charge is 0.399 e. The Hall–Kier alpha value is -1.88. The van der Waals surface area contributed by atoms with E-state index >= 15 is 0 Å². The predicted molar refractivity (Wildman–Crippen MR) is 61.1 cm³/mol. The Bertz CT molecular complexity index is 501. The van der Waals surface area contributed by atoms with Gasteiger partial charge in [-0.15, -0.1) is 0 Å². The normalized spacial score (nSPS) is 10.1. The van der Waals surface area contributed by atoms with E-state index in [0.29, 0.717) is 16.4 Å². The van der Waals surface area contributed by atoms with Crippen LogP contribution in [-0.2, 0) is 0 Å². The molecule has 0 unspecified atom stereocenters. The summed E-state index contributed by atoms with van der Waals surface area (Å²) in [5.74, 6) is -0.238. The number of nitrogens with one attached hydrogen (secondary N) is 1. The molecular weight excluding hydrogens is 231 g/mol. The molecule has 16 heavy (non-hydrogen) atoms. The zero-order chi connectivity index (χ0) is 11.5. The van der Waals surface area contributed by atoms with E-state index in [-0.39, 0.29) is 5.95 Å². The Morgan fingerprint density at radius 3 is 2.62 bits per heavy atom. The molecule has 1 aromatic carbocycles. The lowest BCUT2D eigenvalue weighted by Gasteiger charge is -2.07. The lowest BCUT2D eigenvalue weighted by atomic mass is 10.3. The van der Waals surface area contributed by atoms with Crippen molar-refractivity contribution in [1.29, 1.82) is 0 Å². The summed E-state index contributed by atoms with van der Waals surface area (Å²) in [6.45, 7) is 0. The number of aromatic nitrogens is 2. The van der Waals surface area contributed by atoms with Crippen LogP contribution in [0.3, 0.4) is 0 Å². The van der Waals surface area contributed by atoms with Gasteiger partial charge in [0.25, 0.3) is 0 Å². The van der Waals surface area contributed by atoms with Crippen LogP contribution < -0.4 is 11.1 Å². The fourth-order valence-corrected chi connectivity index (χ4v) is 1.30. The fourth-order valence-electron chi connectivity index (χ4n) is 1.14. The average Bonchev–Trinajstić information content (AvgIpc) is 2.27. The maximum Gasteiger partial charge on any atom is 0.227 e. The summed E-state index contributed by atoms with van der Waals surface area (Å²) < 4.78 is 12.6. The monoisotopic (exact) mass is 238 g/mol. The third kappa shape index (κ3) is 2.38. The van der Waals surface area contributed by atoms with Gasteiger partial charge in [0.15, 0.2) is 5.82 Å².